The highest BCUT2D eigenvalue weighted by Gasteiger charge is 2.20. The summed E-state index contributed by atoms with van der Waals surface area (Å²) >= 11 is 0. The van der Waals surface area contributed by atoms with Gasteiger partial charge in [0.15, 0.2) is 0 Å². The van der Waals surface area contributed by atoms with Crippen LogP contribution in [0.15, 0.2) is 12.4 Å². The molecule has 0 aromatic carbocycles. The molecule has 2 aromatic heterocycles. The third kappa shape index (κ3) is 2.68. The number of hydrogen-bond donors (Lipinski definition) is 2. The number of ether oxygens (including phenoxy) is 1. The van der Waals surface area contributed by atoms with Gasteiger partial charge in [0, 0.05) is 7.05 Å². The smallest absolute Gasteiger partial charge is 0.343 e. The summed E-state index contributed by atoms with van der Waals surface area (Å²) in [5, 5.41) is 6.56. The van der Waals surface area contributed by atoms with Crippen LogP contribution in [-0.2, 0) is 11.8 Å². The second-order valence-electron chi connectivity index (χ2n) is 4.09. The van der Waals surface area contributed by atoms with Crippen LogP contribution in [0.1, 0.15) is 33.6 Å². The van der Waals surface area contributed by atoms with E-state index in [0.717, 1.165) is 0 Å². The molecule has 0 aliphatic heterocycles. The number of aryl methyl sites for hydroxylation is 2. The molecule has 106 valence electrons. The minimum Gasteiger partial charge on any atom is -0.462 e. The number of aromatic nitrogens is 4. The zero-order valence-electron chi connectivity index (χ0n) is 11.4. The first-order chi connectivity index (χ1) is 9.52. The minimum absolute atomic E-state index is 0.207. The molecule has 20 heavy (non-hydrogen) atoms. The molecule has 0 saturated heterocycles. The molecular weight excluding hydrogens is 262 g/mol. The number of rotatable bonds is 4. The van der Waals surface area contributed by atoms with Crippen LogP contribution in [0.3, 0.4) is 0 Å². The summed E-state index contributed by atoms with van der Waals surface area (Å²) in [6.45, 7) is 3.70. The Bertz CT molecular complexity index is 643. The predicted octanol–water partition coefficient (Wildman–Crippen LogP) is 0.881. The van der Waals surface area contributed by atoms with Crippen molar-refractivity contribution in [1.82, 2.24) is 19.7 Å². The fraction of sp³-hybridized carbons (Fsp3) is 0.333. The topological polar surface area (TPSA) is 102 Å². The summed E-state index contributed by atoms with van der Waals surface area (Å²) in [6, 6.07) is 0. The summed E-state index contributed by atoms with van der Waals surface area (Å²) in [5.74, 6) is -0.0251. The monoisotopic (exact) mass is 277 g/mol. The van der Waals surface area contributed by atoms with Gasteiger partial charge in [0.1, 0.15) is 22.9 Å². The Morgan fingerprint density at radius 1 is 1.45 bits per heavy atom. The van der Waals surface area contributed by atoms with E-state index in [0.29, 0.717) is 11.5 Å². The van der Waals surface area contributed by atoms with Gasteiger partial charge in [-0.25, -0.2) is 9.78 Å². The molecule has 0 atom stereocenters. The van der Waals surface area contributed by atoms with E-state index in [-0.39, 0.29) is 18.0 Å². The fourth-order valence-corrected chi connectivity index (χ4v) is 1.66. The van der Waals surface area contributed by atoms with Gasteiger partial charge in [-0.05, 0) is 13.8 Å². The molecule has 2 heterocycles. The van der Waals surface area contributed by atoms with Crippen LogP contribution in [0, 0.1) is 6.92 Å². The Kier molecular flexibility index (Phi) is 3.83. The maximum absolute atomic E-state index is 12.0. The molecule has 8 nitrogen and oxygen atoms in total. The van der Waals surface area contributed by atoms with Crippen LogP contribution in [0.2, 0.25) is 0 Å². The van der Waals surface area contributed by atoms with Crippen molar-refractivity contribution in [2.45, 2.75) is 13.8 Å². The van der Waals surface area contributed by atoms with Crippen molar-refractivity contribution in [2.75, 3.05) is 11.9 Å². The van der Waals surface area contributed by atoms with Gasteiger partial charge in [0.25, 0.3) is 5.91 Å². The van der Waals surface area contributed by atoms with Crippen LogP contribution in [0.4, 0.5) is 5.82 Å². The van der Waals surface area contributed by atoms with Gasteiger partial charge in [-0.2, -0.15) is 5.10 Å². The van der Waals surface area contributed by atoms with Crippen molar-refractivity contribution < 1.29 is 14.3 Å². The molecule has 8 heteroatoms. The Hall–Kier alpha value is -2.64. The molecule has 0 spiro atoms. The lowest BCUT2D eigenvalue weighted by Crippen LogP contribution is -2.18. The zero-order valence-corrected chi connectivity index (χ0v) is 11.4. The first-order valence-electron chi connectivity index (χ1n) is 6.05. The molecule has 2 aromatic rings. The van der Waals surface area contributed by atoms with Crippen LogP contribution in [-0.4, -0.2) is 38.2 Å². The predicted molar refractivity (Wildman–Crippen MR) is 70.4 cm³/mol. The summed E-state index contributed by atoms with van der Waals surface area (Å²) < 4.78 is 6.31. The Labute approximate surface area is 115 Å². The van der Waals surface area contributed by atoms with E-state index in [1.165, 1.54) is 17.1 Å². The third-order valence-electron chi connectivity index (χ3n) is 2.61. The maximum Gasteiger partial charge on any atom is 0.343 e. The summed E-state index contributed by atoms with van der Waals surface area (Å²) in [4.78, 5) is 30.5. The number of nitrogens with zero attached hydrogens (tertiary/aromatic N) is 3. The van der Waals surface area contributed by atoms with Gasteiger partial charge in [0.2, 0.25) is 0 Å². The highest BCUT2D eigenvalue weighted by Crippen LogP contribution is 2.16. The van der Waals surface area contributed by atoms with Gasteiger partial charge in [-0.1, -0.05) is 0 Å². The first kappa shape index (κ1) is 13.8. The second-order valence-corrected chi connectivity index (χ2v) is 4.09. The average Bonchev–Trinajstić information content (AvgIpc) is 2.98. The lowest BCUT2D eigenvalue weighted by molar-refractivity contribution is 0.0527. The number of hydrogen-bond acceptors (Lipinski definition) is 5. The SMILES string of the molecule is CCOC(=O)c1cnn(C)c1NC(=O)c1cnc(C)[nH]1. The molecule has 1 amide bonds. The Morgan fingerprint density at radius 3 is 2.80 bits per heavy atom. The number of carbonyl (C=O) groups excluding carboxylic acids is 2. The van der Waals surface area contributed by atoms with Crippen molar-refractivity contribution in [3.63, 3.8) is 0 Å². The van der Waals surface area contributed by atoms with Crippen molar-refractivity contribution in [3.05, 3.63) is 29.5 Å². The summed E-state index contributed by atoms with van der Waals surface area (Å²) in [5.41, 5.74) is 0.512. The zero-order chi connectivity index (χ0) is 14.7. The minimum atomic E-state index is -0.531. The summed E-state index contributed by atoms with van der Waals surface area (Å²) in [6.07, 6.45) is 2.77. The van der Waals surface area contributed by atoms with E-state index in [4.69, 9.17) is 4.74 Å². The quantitative estimate of drug-likeness (QED) is 0.808. The number of amides is 1. The molecule has 0 unspecified atom stereocenters. The lowest BCUT2D eigenvalue weighted by atomic mass is 10.3. The Balaban J connectivity index is 2.23. The number of carbonyl (C=O) groups is 2. The molecule has 0 radical (unpaired) electrons. The molecule has 0 saturated carbocycles. The van der Waals surface area contributed by atoms with Gasteiger partial charge in [-0.3, -0.25) is 9.48 Å². The van der Waals surface area contributed by atoms with Crippen molar-refractivity contribution >= 4 is 17.7 Å². The van der Waals surface area contributed by atoms with E-state index in [1.807, 2.05) is 0 Å². The fourth-order valence-electron chi connectivity index (χ4n) is 1.66. The van der Waals surface area contributed by atoms with E-state index in [1.54, 1.807) is 20.9 Å². The van der Waals surface area contributed by atoms with Crippen LogP contribution >= 0.6 is 0 Å². The third-order valence-corrected chi connectivity index (χ3v) is 2.61. The number of imidazole rings is 1. The number of aromatic amines is 1. The molecule has 0 bridgehead atoms. The van der Waals surface area contributed by atoms with E-state index < -0.39 is 11.9 Å². The van der Waals surface area contributed by atoms with E-state index in [9.17, 15) is 9.59 Å². The van der Waals surface area contributed by atoms with Gasteiger partial charge in [-0.15, -0.1) is 0 Å². The van der Waals surface area contributed by atoms with Crippen molar-refractivity contribution in [1.29, 1.82) is 0 Å². The molecule has 2 rings (SSSR count). The van der Waals surface area contributed by atoms with Crippen molar-refractivity contribution in [3.8, 4) is 0 Å². The highest BCUT2D eigenvalue weighted by atomic mass is 16.5. The van der Waals surface area contributed by atoms with Crippen LogP contribution in [0.5, 0.6) is 0 Å². The Morgan fingerprint density at radius 2 is 2.20 bits per heavy atom. The largest absolute Gasteiger partial charge is 0.462 e. The molecule has 2 N–H and O–H groups in total. The molecular formula is C12H15N5O3. The number of esters is 1. The summed E-state index contributed by atoms with van der Waals surface area (Å²) in [7, 11) is 1.62. The number of H-pyrrole nitrogens is 1. The second kappa shape index (κ2) is 5.55. The maximum atomic E-state index is 12.0. The number of anilines is 1. The van der Waals surface area contributed by atoms with Crippen LogP contribution in [0.25, 0.3) is 0 Å². The van der Waals surface area contributed by atoms with Gasteiger partial charge >= 0.3 is 5.97 Å². The average molecular weight is 277 g/mol. The van der Waals surface area contributed by atoms with Crippen molar-refractivity contribution in [2.24, 2.45) is 7.05 Å². The van der Waals surface area contributed by atoms with Gasteiger partial charge in [0.05, 0.1) is 19.0 Å². The highest BCUT2D eigenvalue weighted by molar-refractivity contribution is 6.06. The standard InChI is InChI=1S/C12H15N5O3/c1-4-20-12(19)8-5-14-17(3)10(8)16-11(18)9-6-13-7(2)15-9/h5-6H,4H2,1-3H3,(H,13,15)(H,16,18). The van der Waals surface area contributed by atoms with E-state index >= 15 is 0 Å². The molecule has 0 fully saturated rings. The van der Waals surface area contributed by atoms with Gasteiger partial charge < -0.3 is 15.0 Å². The molecule has 0 aliphatic rings. The number of nitrogens with one attached hydrogen (secondary N) is 2. The first-order valence-corrected chi connectivity index (χ1v) is 6.05. The van der Waals surface area contributed by atoms with E-state index in [2.05, 4.69) is 20.4 Å². The molecule has 0 aliphatic carbocycles. The van der Waals surface area contributed by atoms with Crippen LogP contribution < -0.4 is 5.32 Å². The normalized spacial score (nSPS) is 10.3. The lowest BCUT2D eigenvalue weighted by Gasteiger charge is -2.07.